The van der Waals surface area contributed by atoms with Gasteiger partial charge in [0, 0.05) is 23.5 Å². The molecule has 1 aromatic carbocycles. The molecule has 3 N–H and O–H groups in total. The van der Waals surface area contributed by atoms with Crippen LogP contribution in [0.1, 0.15) is 32.2 Å². The SMILES string of the molecule is CC(C)(C)c1cc(CNC(=O)Nc2ccc(N3CC(O)C3)nc2)n(-c2cccc(Cl)c2)n1. The van der Waals surface area contributed by atoms with Gasteiger partial charge in [0.1, 0.15) is 5.82 Å². The number of β-amino-alcohol motifs (C(OH)–C–C–N with tert-alkyl or cyclic N) is 1. The summed E-state index contributed by atoms with van der Waals surface area (Å²) in [6, 6.07) is 12.7. The summed E-state index contributed by atoms with van der Waals surface area (Å²) in [5.74, 6) is 0.779. The monoisotopic (exact) mass is 454 g/mol. The summed E-state index contributed by atoms with van der Waals surface area (Å²) in [4.78, 5) is 18.8. The molecule has 2 aromatic heterocycles. The molecule has 8 nitrogen and oxygen atoms in total. The number of amides is 2. The van der Waals surface area contributed by atoms with Crippen molar-refractivity contribution in [2.75, 3.05) is 23.3 Å². The number of aliphatic hydroxyl groups excluding tert-OH is 1. The van der Waals surface area contributed by atoms with E-state index in [4.69, 9.17) is 16.7 Å². The van der Waals surface area contributed by atoms with Crippen LogP contribution in [0.3, 0.4) is 0 Å². The summed E-state index contributed by atoms with van der Waals surface area (Å²) in [6.07, 6.45) is 1.31. The van der Waals surface area contributed by atoms with Gasteiger partial charge >= 0.3 is 6.03 Å². The summed E-state index contributed by atoms with van der Waals surface area (Å²) in [6.45, 7) is 7.74. The van der Waals surface area contributed by atoms with E-state index >= 15 is 0 Å². The summed E-state index contributed by atoms with van der Waals surface area (Å²) >= 11 is 6.17. The van der Waals surface area contributed by atoms with Crippen LogP contribution in [-0.4, -0.2) is 45.1 Å². The Morgan fingerprint density at radius 3 is 2.62 bits per heavy atom. The molecule has 0 radical (unpaired) electrons. The van der Waals surface area contributed by atoms with Crippen molar-refractivity contribution in [3.8, 4) is 5.69 Å². The zero-order valence-corrected chi connectivity index (χ0v) is 19.1. The quantitative estimate of drug-likeness (QED) is 0.546. The van der Waals surface area contributed by atoms with E-state index in [-0.39, 0.29) is 17.6 Å². The van der Waals surface area contributed by atoms with Crippen molar-refractivity contribution in [2.45, 2.75) is 38.8 Å². The normalized spacial score (nSPS) is 14.2. The summed E-state index contributed by atoms with van der Waals surface area (Å²) in [5.41, 5.74) is 3.05. The van der Waals surface area contributed by atoms with E-state index in [1.165, 1.54) is 0 Å². The molecule has 0 bridgehead atoms. The molecule has 2 amide bonds. The highest BCUT2D eigenvalue weighted by Gasteiger charge is 2.25. The van der Waals surface area contributed by atoms with Gasteiger partial charge in [-0.3, -0.25) is 0 Å². The van der Waals surface area contributed by atoms with Crippen LogP contribution in [-0.2, 0) is 12.0 Å². The van der Waals surface area contributed by atoms with Gasteiger partial charge in [0.15, 0.2) is 0 Å². The van der Waals surface area contributed by atoms with Gasteiger partial charge in [-0.15, -0.1) is 0 Å². The molecule has 0 aliphatic carbocycles. The standard InChI is InChI=1S/C23H27ClN6O2/c1-23(2,3)20-10-18(30(28-20)17-6-4-5-15(24)9-17)12-26-22(32)27-16-7-8-21(25-11-16)29-13-19(31)14-29/h4-11,19,31H,12-14H2,1-3H3,(H2,26,27,32). The maximum Gasteiger partial charge on any atom is 0.319 e. The molecule has 3 aromatic rings. The molecule has 0 saturated carbocycles. The molecule has 1 saturated heterocycles. The third kappa shape index (κ3) is 5.03. The lowest BCUT2D eigenvalue weighted by Gasteiger charge is -2.36. The lowest BCUT2D eigenvalue weighted by molar-refractivity contribution is 0.141. The highest BCUT2D eigenvalue weighted by Crippen LogP contribution is 2.25. The van der Waals surface area contributed by atoms with Gasteiger partial charge in [0.25, 0.3) is 0 Å². The number of halogens is 1. The number of aliphatic hydroxyl groups is 1. The first-order valence-electron chi connectivity index (χ1n) is 10.5. The fraction of sp³-hybridized carbons (Fsp3) is 0.348. The molecule has 1 fully saturated rings. The van der Waals surface area contributed by atoms with Gasteiger partial charge in [0.05, 0.1) is 41.6 Å². The van der Waals surface area contributed by atoms with Gasteiger partial charge in [-0.05, 0) is 36.4 Å². The molecule has 9 heteroatoms. The fourth-order valence-corrected chi connectivity index (χ4v) is 3.56. The highest BCUT2D eigenvalue weighted by molar-refractivity contribution is 6.30. The Morgan fingerprint density at radius 1 is 1.22 bits per heavy atom. The number of carbonyl (C=O) groups is 1. The Bertz CT molecular complexity index is 1100. The number of nitrogens with zero attached hydrogens (tertiary/aromatic N) is 4. The van der Waals surface area contributed by atoms with Gasteiger partial charge in [0.2, 0.25) is 0 Å². The molecular formula is C23H27ClN6O2. The number of aromatic nitrogens is 3. The first kappa shape index (κ1) is 22.1. The van der Waals surface area contributed by atoms with Crippen LogP contribution < -0.4 is 15.5 Å². The van der Waals surface area contributed by atoms with Gasteiger partial charge in [-0.1, -0.05) is 38.4 Å². The maximum absolute atomic E-state index is 12.5. The van der Waals surface area contributed by atoms with Crippen molar-refractivity contribution in [2.24, 2.45) is 0 Å². The molecule has 0 atom stereocenters. The van der Waals surface area contributed by atoms with Gasteiger partial charge < -0.3 is 20.6 Å². The second kappa shape index (κ2) is 8.80. The van der Waals surface area contributed by atoms with Crippen LogP contribution in [0.5, 0.6) is 0 Å². The minimum atomic E-state index is -0.338. The van der Waals surface area contributed by atoms with Gasteiger partial charge in [-0.2, -0.15) is 5.10 Å². The number of anilines is 2. The van der Waals surface area contributed by atoms with E-state index in [2.05, 4.69) is 36.4 Å². The van der Waals surface area contributed by atoms with Crippen molar-refractivity contribution in [3.63, 3.8) is 0 Å². The third-order valence-corrected chi connectivity index (χ3v) is 5.46. The number of hydrogen-bond acceptors (Lipinski definition) is 5. The van der Waals surface area contributed by atoms with Crippen LogP contribution in [0.25, 0.3) is 5.69 Å². The Morgan fingerprint density at radius 2 is 2.00 bits per heavy atom. The smallest absolute Gasteiger partial charge is 0.319 e. The Balaban J connectivity index is 1.43. The molecule has 0 spiro atoms. The van der Waals surface area contributed by atoms with Crippen LogP contribution in [0.15, 0.2) is 48.7 Å². The van der Waals surface area contributed by atoms with E-state index in [1.54, 1.807) is 12.3 Å². The zero-order chi connectivity index (χ0) is 22.9. The number of benzene rings is 1. The molecule has 168 valence electrons. The third-order valence-electron chi connectivity index (χ3n) is 5.23. The highest BCUT2D eigenvalue weighted by atomic mass is 35.5. The topological polar surface area (TPSA) is 95.3 Å². The Labute approximate surface area is 192 Å². The summed E-state index contributed by atoms with van der Waals surface area (Å²) in [5, 5.41) is 20.5. The first-order chi connectivity index (χ1) is 15.2. The van der Waals surface area contributed by atoms with Gasteiger partial charge in [-0.25, -0.2) is 14.5 Å². The number of pyridine rings is 1. The van der Waals surface area contributed by atoms with Crippen molar-refractivity contribution >= 4 is 29.1 Å². The minimum Gasteiger partial charge on any atom is -0.389 e. The predicted molar refractivity (Wildman–Crippen MR) is 126 cm³/mol. The molecule has 0 unspecified atom stereocenters. The second-order valence-corrected chi connectivity index (χ2v) is 9.37. The molecule has 3 heterocycles. The van der Waals surface area contributed by atoms with Crippen LogP contribution >= 0.6 is 11.6 Å². The number of nitrogens with one attached hydrogen (secondary N) is 2. The van der Waals surface area contributed by atoms with Crippen molar-refractivity contribution in [3.05, 3.63) is 65.1 Å². The minimum absolute atomic E-state index is 0.138. The molecule has 32 heavy (non-hydrogen) atoms. The zero-order valence-electron chi connectivity index (χ0n) is 18.3. The van der Waals surface area contributed by atoms with Crippen LogP contribution in [0, 0.1) is 0 Å². The van der Waals surface area contributed by atoms with E-state index in [9.17, 15) is 9.90 Å². The number of carbonyl (C=O) groups excluding carboxylic acids is 1. The molecule has 4 rings (SSSR count). The first-order valence-corrected chi connectivity index (χ1v) is 10.9. The van der Waals surface area contributed by atoms with E-state index in [0.717, 1.165) is 22.9 Å². The van der Waals surface area contributed by atoms with E-state index < -0.39 is 0 Å². The lowest BCUT2D eigenvalue weighted by atomic mass is 9.92. The Hall–Kier alpha value is -3.10. The predicted octanol–water partition coefficient (Wildman–Crippen LogP) is 3.72. The maximum atomic E-state index is 12.5. The molecule has 1 aliphatic rings. The number of urea groups is 1. The van der Waals surface area contributed by atoms with Crippen molar-refractivity contribution in [1.29, 1.82) is 0 Å². The summed E-state index contributed by atoms with van der Waals surface area (Å²) in [7, 11) is 0. The van der Waals surface area contributed by atoms with E-state index in [0.29, 0.717) is 30.3 Å². The fourth-order valence-electron chi connectivity index (χ4n) is 3.38. The van der Waals surface area contributed by atoms with E-state index in [1.807, 2.05) is 46.0 Å². The Kier molecular flexibility index (Phi) is 6.08. The second-order valence-electron chi connectivity index (χ2n) is 8.93. The average molecular weight is 455 g/mol. The van der Waals surface area contributed by atoms with Crippen LogP contribution in [0.4, 0.5) is 16.3 Å². The number of hydrogen-bond donors (Lipinski definition) is 3. The average Bonchev–Trinajstić information content (AvgIpc) is 3.16. The molecular weight excluding hydrogens is 428 g/mol. The number of rotatable bonds is 5. The van der Waals surface area contributed by atoms with Crippen LogP contribution in [0.2, 0.25) is 5.02 Å². The largest absolute Gasteiger partial charge is 0.389 e. The lowest BCUT2D eigenvalue weighted by Crippen LogP contribution is -2.51. The summed E-state index contributed by atoms with van der Waals surface area (Å²) < 4.78 is 1.81. The van der Waals surface area contributed by atoms with Crippen molar-refractivity contribution in [1.82, 2.24) is 20.1 Å². The van der Waals surface area contributed by atoms with Crippen molar-refractivity contribution < 1.29 is 9.90 Å². The molecule has 1 aliphatic heterocycles.